The zero-order valence-corrected chi connectivity index (χ0v) is 9.01. The lowest BCUT2D eigenvalue weighted by atomic mass is 10.3. The predicted octanol–water partition coefficient (Wildman–Crippen LogP) is 0.592. The van der Waals surface area contributed by atoms with Crippen LogP contribution in [0.4, 0.5) is 17.3 Å². The van der Waals surface area contributed by atoms with Crippen LogP contribution in [0, 0.1) is 0 Å². The number of hydrogen-bond donors (Lipinski definition) is 3. The molecule has 0 bridgehead atoms. The van der Waals surface area contributed by atoms with Crippen LogP contribution < -0.4 is 16.8 Å². The second kappa shape index (κ2) is 4.09. The van der Waals surface area contributed by atoms with Gasteiger partial charge in [0.2, 0.25) is 0 Å². The molecule has 6 nitrogen and oxygen atoms in total. The molecule has 2 rings (SSSR count). The van der Waals surface area contributed by atoms with Crippen molar-refractivity contribution in [2.75, 3.05) is 16.8 Å². The largest absolute Gasteiger partial charge is 0.396 e. The van der Waals surface area contributed by atoms with Gasteiger partial charge in [-0.05, 0) is 18.2 Å². The molecule has 0 radical (unpaired) electrons. The molecule has 0 atom stereocenters. The number of nitrogen functional groups attached to an aromatic ring is 2. The molecule has 5 N–H and O–H groups in total. The summed E-state index contributed by atoms with van der Waals surface area (Å²) in [5.41, 5.74) is 12.7. The number of rotatable bonds is 3. The first-order valence-electron chi connectivity index (χ1n) is 4.89. The van der Waals surface area contributed by atoms with Crippen molar-refractivity contribution in [1.82, 2.24) is 14.8 Å². The lowest BCUT2D eigenvalue weighted by molar-refractivity contribution is 0.720. The zero-order chi connectivity index (χ0) is 11.5. The summed E-state index contributed by atoms with van der Waals surface area (Å²) in [7, 11) is 1.89. The molecule has 0 saturated heterocycles. The van der Waals surface area contributed by atoms with Gasteiger partial charge >= 0.3 is 0 Å². The second-order valence-corrected chi connectivity index (χ2v) is 3.47. The quantitative estimate of drug-likeness (QED) is 0.701. The van der Waals surface area contributed by atoms with Crippen LogP contribution in [-0.2, 0) is 13.6 Å². The highest BCUT2D eigenvalue weighted by molar-refractivity contribution is 5.61. The van der Waals surface area contributed by atoms with E-state index in [2.05, 4.69) is 15.4 Å². The Morgan fingerprint density at radius 1 is 1.31 bits per heavy atom. The van der Waals surface area contributed by atoms with E-state index in [9.17, 15) is 0 Å². The number of anilines is 3. The van der Waals surface area contributed by atoms with Crippen molar-refractivity contribution in [2.45, 2.75) is 6.54 Å². The summed E-state index contributed by atoms with van der Waals surface area (Å²) in [6, 6.07) is 5.46. The van der Waals surface area contributed by atoms with E-state index >= 15 is 0 Å². The van der Waals surface area contributed by atoms with Gasteiger partial charge in [-0.2, -0.15) is 5.10 Å². The van der Waals surface area contributed by atoms with E-state index in [0.717, 1.165) is 5.69 Å². The Morgan fingerprint density at radius 3 is 2.75 bits per heavy atom. The first-order chi connectivity index (χ1) is 7.66. The average molecular weight is 218 g/mol. The van der Waals surface area contributed by atoms with Gasteiger partial charge in [-0.3, -0.25) is 4.68 Å². The average Bonchev–Trinajstić information content (AvgIpc) is 2.66. The molecule has 0 amide bonds. The first kappa shape index (κ1) is 10.3. The molecule has 0 spiro atoms. The van der Waals surface area contributed by atoms with Crippen LogP contribution in [0.25, 0.3) is 0 Å². The minimum atomic E-state index is 0.343. The van der Waals surface area contributed by atoms with Gasteiger partial charge in [-0.1, -0.05) is 0 Å². The van der Waals surface area contributed by atoms with Crippen molar-refractivity contribution in [2.24, 2.45) is 7.05 Å². The molecule has 84 valence electrons. The van der Waals surface area contributed by atoms with Gasteiger partial charge < -0.3 is 16.8 Å². The van der Waals surface area contributed by atoms with Crippen molar-refractivity contribution in [1.29, 1.82) is 0 Å². The molecule has 6 heteroatoms. The van der Waals surface area contributed by atoms with E-state index in [1.165, 1.54) is 0 Å². The summed E-state index contributed by atoms with van der Waals surface area (Å²) < 4.78 is 1.80. The molecule has 0 aliphatic carbocycles. The van der Waals surface area contributed by atoms with Gasteiger partial charge in [0.1, 0.15) is 11.6 Å². The molecular formula is C10H14N6. The maximum absolute atomic E-state index is 5.61. The van der Waals surface area contributed by atoms with E-state index < -0.39 is 0 Å². The monoisotopic (exact) mass is 218 g/mol. The summed E-state index contributed by atoms with van der Waals surface area (Å²) >= 11 is 0. The summed E-state index contributed by atoms with van der Waals surface area (Å²) in [4.78, 5) is 4.11. The van der Waals surface area contributed by atoms with Crippen molar-refractivity contribution in [3.63, 3.8) is 0 Å². The molecule has 0 aliphatic heterocycles. The van der Waals surface area contributed by atoms with Crippen LogP contribution in [0.1, 0.15) is 5.69 Å². The Bertz CT molecular complexity index is 490. The van der Waals surface area contributed by atoms with E-state index in [1.54, 1.807) is 23.0 Å². The Hall–Kier alpha value is -2.24. The summed E-state index contributed by atoms with van der Waals surface area (Å²) in [5, 5.41) is 7.22. The third-order valence-electron chi connectivity index (χ3n) is 2.33. The van der Waals surface area contributed by atoms with Crippen LogP contribution >= 0.6 is 0 Å². The highest BCUT2D eigenvalue weighted by Crippen LogP contribution is 2.15. The maximum atomic E-state index is 5.61. The number of hydrogen-bond acceptors (Lipinski definition) is 5. The fourth-order valence-electron chi connectivity index (χ4n) is 1.34. The highest BCUT2D eigenvalue weighted by Gasteiger charge is 2.01. The van der Waals surface area contributed by atoms with Crippen LogP contribution in [0.15, 0.2) is 24.4 Å². The number of nitrogens with one attached hydrogen (secondary N) is 1. The second-order valence-electron chi connectivity index (χ2n) is 3.47. The lowest BCUT2D eigenvalue weighted by Gasteiger charge is -2.07. The topological polar surface area (TPSA) is 94.8 Å². The molecule has 0 saturated carbocycles. The molecule has 0 fully saturated rings. The maximum Gasteiger partial charge on any atom is 0.149 e. The predicted molar refractivity (Wildman–Crippen MR) is 63.6 cm³/mol. The SMILES string of the molecule is Cn1nccc1CNc1ccc(N)c(N)n1. The summed E-state index contributed by atoms with van der Waals surface area (Å²) in [5.74, 6) is 1.04. The smallest absolute Gasteiger partial charge is 0.149 e. The molecule has 0 aliphatic rings. The Kier molecular flexibility index (Phi) is 2.63. The van der Waals surface area contributed by atoms with E-state index in [0.29, 0.717) is 23.9 Å². The van der Waals surface area contributed by atoms with E-state index in [1.807, 2.05) is 13.1 Å². The third-order valence-corrected chi connectivity index (χ3v) is 2.33. The molecule has 0 aromatic carbocycles. The molecule has 2 aromatic heterocycles. The van der Waals surface area contributed by atoms with Gasteiger partial charge in [0.15, 0.2) is 0 Å². The normalized spacial score (nSPS) is 10.3. The molecule has 0 unspecified atom stereocenters. The number of nitrogens with two attached hydrogens (primary N) is 2. The van der Waals surface area contributed by atoms with Crippen LogP contribution in [-0.4, -0.2) is 14.8 Å². The van der Waals surface area contributed by atoms with E-state index in [-0.39, 0.29) is 0 Å². The minimum Gasteiger partial charge on any atom is -0.396 e. The number of aromatic nitrogens is 3. The summed E-state index contributed by atoms with van der Waals surface area (Å²) in [6.07, 6.45) is 1.75. The molecule has 16 heavy (non-hydrogen) atoms. The fourth-order valence-corrected chi connectivity index (χ4v) is 1.34. The van der Waals surface area contributed by atoms with Crippen LogP contribution in [0.5, 0.6) is 0 Å². The molecular weight excluding hydrogens is 204 g/mol. The van der Waals surface area contributed by atoms with Crippen LogP contribution in [0.3, 0.4) is 0 Å². The Labute approximate surface area is 93.3 Å². The Balaban J connectivity index is 2.05. The van der Waals surface area contributed by atoms with Crippen molar-refractivity contribution in [3.05, 3.63) is 30.1 Å². The van der Waals surface area contributed by atoms with Gasteiger partial charge in [-0.25, -0.2) is 4.98 Å². The first-order valence-corrected chi connectivity index (χ1v) is 4.89. The zero-order valence-electron chi connectivity index (χ0n) is 9.01. The lowest BCUT2D eigenvalue weighted by Crippen LogP contribution is -2.07. The van der Waals surface area contributed by atoms with Gasteiger partial charge in [0.05, 0.1) is 17.9 Å². The van der Waals surface area contributed by atoms with Gasteiger partial charge in [0.25, 0.3) is 0 Å². The highest BCUT2D eigenvalue weighted by atomic mass is 15.3. The number of nitrogens with zero attached hydrogens (tertiary/aromatic N) is 3. The van der Waals surface area contributed by atoms with Crippen LogP contribution in [0.2, 0.25) is 0 Å². The number of aryl methyl sites for hydroxylation is 1. The number of pyridine rings is 1. The van der Waals surface area contributed by atoms with Crippen molar-refractivity contribution < 1.29 is 0 Å². The minimum absolute atomic E-state index is 0.343. The fraction of sp³-hybridized carbons (Fsp3) is 0.200. The van der Waals surface area contributed by atoms with E-state index in [4.69, 9.17) is 11.5 Å². The Morgan fingerprint density at radius 2 is 2.12 bits per heavy atom. The van der Waals surface area contributed by atoms with Gasteiger partial charge in [0, 0.05) is 13.2 Å². The molecule has 2 heterocycles. The standard InChI is InChI=1S/C10H14N6/c1-16-7(4-5-14-16)6-13-9-3-2-8(11)10(12)15-9/h2-5H,6,11H2,1H3,(H3,12,13,15). The van der Waals surface area contributed by atoms with Gasteiger partial charge in [-0.15, -0.1) is 0 Å². The van der Waals surface area contributed by atoms with Crippen molar-refractivity contribution in [3.8, 4) is 0 Å². The summed E-state index contributed by atoms with van der Waals surface area (Å²) in [6.45, 7) is 0.646. The third kappa shape index (κ3) is 2.05. The molecule has 2 aromatic rings. The van der Waals surface area contributed by atoms with Crippen molar-refractivity contribution >= 4 is 17.3 Å².